The summed E-state index contributed by atoms with van der Waals surface area (Å²) >= 11 is 0. The van der Waals surface area contributed by atoms with Crippen molar-refractivity contribution in [2.24, 2.45) is 5.41 Å². The van der Waals surface area contributed by atoms with Gasteiger partial charge in [-0.15, -0.1) is 10.2 Å². The minimum Gasteiger partial charge on any atom is -0.425 e. The van der Waals surface area contributed by atoms with Gasteiger partial charge in [-0.05, 0) is 30.4 Å². The SMILES string of the molecule is CC(C)(C)[C@H]1OCC[C@@H]1c1nnc(CCc2ccccn2)o1. The summed E-state index contributed by atoms with van der Waals surface area (Å²) in [5, 5.41) is 8.45. The molecule has 22 heavy (non-hydrogen) atoms. The standard InChI is InChI=1S/C17H23N3O2/c1-17(2,3)15-13(9-11-21-15)16-20-19-14(22-16)8-7-12-6-4-5-10-18-12/h4-6,10,13,15H,7-9,11H2,1-3H3/t13-,15-/m0/s1. The Balaban J connectivity index is 1.66. The van der Waals surface area contributed by atoms with Crippen molar-refractivity contribution in [1.82, 2.24) is 15.2 Å². The summed E-state index contributed by atoms with van der Waals surface area (Å²) in [4.78, 5) is 4.31. The third-order valence-corrected chi connectivity index (χ3v) is 4.07. The maximum absolute atomic E-state index is 5.89. The number of aryl methyl sites for hydroxylation is 2. The van der Waals surface area contributed by atoms with Gasteiger partial charge in [0.15, 0.2) is 0 Å². The molecule has 0 saturated carbocycles. The molecule has 1 fully saturated rings. The third kappa shape index (κ3) is 3.35. The van der Waals surface area contributed by atoms with Crippen LogP contribution in [0.1, 0.15) is 50.6 Å². The van der Waals surface area contributed by atoms with Gasteiger partial charge in [-0.25, -0.2) is 0 Å². The topological polar surface area (TPSA) is 61.0 Å². The summed E-state index contributed by atoms with van der Waals surface area (Å²) < 4.78 is 11.8. The number of hydrogen-bond donors (Lipinski definition) is 0. The van der Waals surface area contributed by atoms with Gasteiger partial charge in [0.2, 0.25) is 11.8 Å². The Labute approximate surface area is 131 Å². The van der Waals surface area contributed by atoms with Gasteiger partial charge in [0.1, 0.15) is 0 Å². The van der Waals surface area contributed by atoms with Gasteiger partial charge < -0.3 is 9.15 Å². The number of aromatic nitrogens is 3. The lowest BCUT2D eigenvalue weighted by Crippen LogP contribution is -2.30. The molecule has 1 aliphatic rings. The quantitative estimate of drug-likeness (QED) is 0.868. The van der Waals surface area contributed by atoms with E-state index in [1.54, 1.807) is 6.20 Å². The van der Waals surface area contributed by atoms with E-state index in [2.05, 4.69) is 36.0 Å². The van der Waals surface area contributed by atoms with E-state index in [1.165, 1.54) is 0 Å². The molecule has 3 rings (SSSR count). The first-order valence-electron chi connectivity index (χ1n) is 7.88. The summed E-state index contributed by atoms with van der Waals surface area (Å²) in [6.45, 7) is 7.33. The van der Waals surface area contributed by atoms with Crippen LogP contribution in [0.4, 0.5) is 0 Å². The Morgan fingerprint density at radius 3 is 2.77 bits per heavy atom. The first-order valence-corrected chi connectivity index (χ1v) is 7.88. The second kappa shape index (κ2) is 6.16. The summed E-state index contributed by atoms with van der Waals surface area (Å²) in [5.41, 5.74) is 1.11. The molecule has 5 heteroatoms. The van der Waals surface area contributed by atoms with Gasteiger partial charge in [-0.1, -0.05) is 26.8 Å². The normalized spacial score (nSPS) is 22.1. The molecule has 0 N–H and O–H groups in total. The van der Waals surface area contributed by atoms with Crippen LogP contribution >= 0.6 is 0 Å². The minimum atomic E-state index is 0.0732. The summed E-state index contributed by atoms with van der Waals surface area (Å²) in [7, 11) is 0. The zero-order chi connectivity index (χ0) is 15.6. The Hall–Kier alpha value is -1.75. The lowest BCUT2D eigenvalue weighted by Gasteiger charge is -2.29. The number of hydrogen-bond acceptors (Lipinski definition) is 5. The van der Waals surface area contributed by atoms with Crippen LogP contribution in [-0.4, -0.2) is 27.9 Å². The Kier molecular flexibility index (Phi) is 4.25. The number of nitrogens with zero attached hydrogens (tertiary/aromatic N) is 3. The molecule has 5 nitrogen and oxygen atoms in total. The highest BCUT2D eigenvalue weighted by Gasteiger charge is 2.40. The molecular weight excluding hydrogens is 278 g/mol. The Morgan fingerprint density at radius 1 is 1.18 bits per heavy atom. The van der Waals surface area contributed by atoms with Crippen molar-refractivity contribution in [3.05, 3.63) is 41.9 Å². The number of rotatable bonds is 4. The van der Waals surface area contributed by atoms with Crippen molar-refractivity contribution >= 4 is 0 Å². The molecule has 3 heterocycles. The zero-order valence-corrected chi connectivity index (χ0v) is 13.5. The molecule has 2 aromatic rings. The molecule has 0 spiro atoms. The fraction of sp³-hybridized carbons (Fsp3) is 0.588. The molecular formula is C17H23N3O2. The molecule has 0 aliphatic carbocycles. The largest absolute Gasteiger partial charge is 0.425 e. The van der Waals surface area contributed by atoms with E-state index in [9.17, 15) is 0 Å². The van der Waals surface area contributed by atoms with Crippen LogP contribution in [0, 0.1) is 5.41 Å². The fourth-order valence-corrected chi connectivity index (χ4v) is 2.99. The van der Waals surface area contributed by atoms with E-state index in [-0.39, 0.29) is 17.4 Å². The van der Waals surface area contributed by atoms with Crippen LogP contribution in [0.3, 0.4) is 0 Å². The smallest absolute Gasteiger partial charge is 0.222 e. The lowest BCUT2D eigenvalue weighted by molar-refractivity contribution is 0.0170. The second-order valence-corrected chi connectivity index (χ2v) is 6.91. The van der Waals surface area contributed by atoms with Gasteiger partial charge in [0, 0.05) is 24.9 Å². The highest BCUT2D eigenvalue weighted by Crippen LogP contribution is 2.40. The molecule has 0 bridgehead atoms. The predicted octanol–water partition coefficient (Wildman–Crippen LogP) is 3.17. The van der Waals surface area contributed by atoms with Crippen LogP contribution in [-0.2, 0) is 17.6 Å². The zero-order valence-electron chi connectivity index (χ0n) is 13.5. The molecule has 0 radical (unpaired) electrons. The number of ether oxygens (including phenoxy) is 1. The molecule has 1 aliphatic heterocycles. The van der Waals surface area contributed by atoms with Crippen molar-refractivity contribution in [3.63, 3.8) is 0 Å². The van der Waals surface area contributed by atoms with Crippen molar-refractivity contribution < 1.29 is 9.15 Å². The minimum absolute atomic E-state index is 0.0732. The Morgan fingerprint density at radius 2 is 2.05 bits per heavy atom. The average Bonchev–Trinajstić information content (AvgIpc) is 3.14. The lowest BCUT2D eigenvalue weighted by atomic mass is 9.81. The second-order valence-electron chi connectivity index (χ2n) is 6.91. The summed E-state index contributed by atoms with van der Waals surface area (Å²) in [5.74, 6) is 1.60. The molecule has 118 valence electrons. The van der Waals surface area contributed by atoms with E-state index < -0.39 is 0 Å². The molecule has 0 amide bonds. The predicted molar refractivity (Wildman–Crippen MR) is 82.5 cm³/mol. The van der Waals surface area contributed by atoms with Crippen molar-refractivity contribution in [3.8, 4) is 0 Å². The van der Waals surface area contributed by atoms with Gasteiger partial charge in [-0.2, -0.15) is 0 Å². The molecule has 1 saturated heterocycles. The fourth-order valence-electron chi connectivity index (χ4n) is 2.99. The molecule has 0 aromatic carbocycles. The average molecular weight is 301 g/mol. The maximum Gasteiger partial charge on any atom is 0.222 e. The Bertz CT molecular complexity index is 604. The van der Waals surface area contributed by atoms with E-state index in [0.717, 1.165) is 31.6 Å². The highest BCUT2D eigenvalue weighted by molar-refractivity contribution is 5.06. The van der Waals surface area contributed by atoms with Gasteiger partial charge >= 0.3 is 0 Å². The van der Waals surface area contributed by atoms with Crippen LogP contribution in [0.15, 0.2) is 28.8 Å². The molecule has 2 atom stereocenters. The number of pyridine rings is 1. The summed E-state index contributed by atoms with van der Waals surface area (Å²) in [6.07, 6.45) is 4.42. The first kappa shape index (κ1) is 15.2. The third-order valence-electron chi connectivity index (χ3n) is 4.07. The van der Waals surface area contributed by atoms with Gasteiger partial charge in [0.25, 0.3) is 0 Å². The van der Waals surface area contributed by atoms with Crippen LogP contribution in [0.2, 0.25) is 0 Å². The molecule has 0 unspecified atom stereocenters. The highest BCUT2D eigenvalue weighted by atomic mass is 16.5. The van der Waals surface area contributed by atoms with E-state index in [0.29, 0.717) is 11.8 Å². The van der Waals surface area contributed by atoms with Crippen LogP contribution in [0.5, 0.6) is 0 Å². The van der Waals surface area contributed by atoms with E-state index in [1.807, 2.05) is 18.2 Å². The van der Waals surface area contributed by atoms with E-state index in [4.69, 9.17) is 9.15 Å². The van der Waals surface area contributed by atoms with Crippen LogP contribution in [0.25, 0.3) is 0 Å². The summed E-state index contributed by atoms with van der Waals surface area (Å²) in [6, 6.07) is 5.92. The maximum atomic E-state index is 5.89. The van der Waals surface area contributed by atoms with E-state index >= 15 is 0 Å². The van der Waals surface area contributed by atoms with Crippen molar-refractivity contribution in [2.45, 2.75) is 52.1 Å². The first-order chi connectivity index (χ1) is 10.5. The molecule has 2 aromatic heterocycles. The van der Waals surface area contributed by atoms with Gasteiger partial charge in [-0.3, -0.25) is 4.98 Å². The van der Waals surface area contributed by atoms with Crippen molar-refractivity contribution in [1.29, 1.82) is 0 Å². The monoisotopic (exact) mass is 301 g/mol. The van der Waals surface area contributed by atoms with Crippen LogP contribution < -0.4 is 0 Å². The van der Waals surface area contributed by atoms with Crippen molar-refractivity contribution in [2.75, 3.05) is 6.61 Å². The van der Waals surface area contributed by atoms with Gasteiger partial charge in [0.05, 0.1) is 12.0 Å².